The average molecular weight is 338 g/mol. The van der Waals surface area contributed by atoms with Gasteiger partial charge in [0.2, 0.25) is 0 Å². The minimum absolute atomic E-state index is 0.0981. The lowest BCUT2D eigenvalue weighted by Crippen LogP contribution is -1.98. The molecule has 3 rings (SSSR count). The maximum atomic E-state index is 13.3. The predicted molar refractivity (Wildman–Crippen MR) is 92.8 cm³/mol. The molecule has 3 nitrogen and oxygen atoms in total. The van der Waals surface area contributed by atoms with Gasteiger partial charge in [0.25, 0.3) is 0 Å². The number of aromatic nitrogens is 2. The standard InChI is InChI=1S/C20H16F2N2O/c1-13-17(14(2)24(23-13)16-6-4-3-5-7-16)9-11-20(25)15-8-10-18(21)19(22)12-15/h3-12H,1-2H3/b11-9+. The van der Waals surface area contributed by atoms with Crippen molar-refractivity contribution < 1.29 is 13.6 Å². The summed E-state index contributed by atoms with van der Waals surface area (Å²) in [6.07, 6.45) is 3.00. The van der Waals surface area contributed by atoms with E-state index in [0.29, 0.717) is 0 Å². The summed E-state index contributed by atoms with van der Waals surface area (Å²) in [5.74, 6) is -2.41. The highest BCUT2D eigenvalue weighted by Crippen LogP contribution is 2.19. The third-order valence-electron chi connectivity index (χ3n) is 3.95. The number of nitrogens with zero attached hydrogens (tertiary/aromatic N) is 2. The number of allylic oxidation sites excluding steroid dienone is 1. The van der Waals surface area contributed by atoms with Crippen LogP contribution in [0.5, 0.6) is 0 Å². The molecule has 0 saturated heterocycles. The molecule has 2 aromatic carbocycles. The predicted octanol–water partition coefficient (Wildman–Crippen LogP) is 4.66. The van der Waals surface area contributed by atoms with E-state index in [1.807, 2.05) is 44.2 Å². The van der Waals surface area contributed by atoms with E-state index in [9.17, 15) is 13.6 Å². The summed E-state index contributed by atoms with van der Waals surface area (Å²) >= 11 is 0. The molecule has 0 atom stereocenters. The minimum atomic E-state index is -1.04. The molecule has 0 saturated carbocycles. The lowest BCUT2D eigenvalue weighted by molar-refractivity contribution is 0.104. The highest BCUT2D eigenvalue weighted by Gasteiger charge is 2.12. The first-order chi connectivity index (χ1) is 12.0. The molecular formula is C20H16F2N2O. The molecule has 0 aliphatic heterocycles. The Labute approximate surface area is 144 Å². The van der Waals surface area contributed by atoms with Crippen LogP contribution in [0.2, 0.25) is 0 Å². The van der Waals surface area contributed by atoms with Crippen molar-refractivity contribution in [2.45, 2.75) is 13.8 Å². The van der Waals surface area contributed by atoms with Crippen LogP contribution < -0.4 is 0 Å². The monoisotopic (exact) mass is 338 g/mol. The van der Waals surface area contributed by atoms with E-state index in [-0.39, 0.29) is 5.56 Å². The second kappa shape index (κ2) is 6.81. The Balaban J connectivity index is 1.90. The Bertz CT molecular complexity index is 959. The number of rotatable bonds is 4. The van der Waals surface area contributed by atoms with Gasteiger partial charge in [0.15, 0.2) is 17.4 Å². The maximum Gasteiger partial charge on any atom is 0.185 e. The second-order valence-electron chi connectivity index (χ2n) is 5.66. The number of hydrogen-bond acceptors (Lipinski definition) is 2. The SMILES string of the molecule is Cc1nn(-c2ccccc2)c(C)c1/C=C/C(=O)c1ccc(F)c(F)c1. The summed E-state index contributed by atoms with van der Waals surface area (Å²) in [6.45, 7) is 3.77. The molecule has 0 amide bonds. The molecule has 0 aliphatic rings. The summed E-state index contributed by atoms with van der Waals surface area (Å²) in [6, 6.07) is 12.8. The molecule has 0 spiro atoms. The summed E-state index contributed by atoms with van der Waals surface area (Å²) in [5, 5.41) is 4.50. The van der Waals surface area contributed by atoms with Gasteiger partial charge in [0.05, 0.1) is 11.4 Å². The van der Waals surface area contributed by atoms with Crippen molar-refractivity contribution in [2.75, 3.05) is 0 Å². The number of carbonyl (C=O) groups is 1. The van der Waals surface area contributed by atoms with Gasteiger partial charge in [0.1, 0.15) is 0 Å². The number of aryl methyl sites for hydroxylation is 1. The van der Waals surface area contributed by atoms with E-state index < -0.39 is 17.4 Å². The Morgan fingerprint density at radius 1 is 1.04 bits per heavy atom. The summed E-state index contributed by atoms with van der Waals surface area (Å²) < 4.78 is 28.0. The van der Waals surface area contributed by atoms with Crippen LogP contribution >= 0.6 is 0 Å². The van der Waals surface area contributed by atoms with Gasteiger partial charge in [-0.3, -0.25) is 4.79 Å². The van der Waals surface area contributed by atoms with Gasteiger partial charge in [-0.2, -0.15) is 5.10 Å². The van der Waals surface area contributed by atoms with E-state index in [0.717, 1.165) is 34.8 Å². The summed E-state index contributed by atoms with van der Waals surface area (Å²) in [4.78, 5) is 12.2. The zero-order valence-electron chi connectivity index (χ0n) is 13.8. The van der Waals surface area contributed by atoms with Gasteiger partial charge >= 0.3 is 0 Å². The number of benzene rings is 2. The largest absolute Gasteiger partial charge is 0.289 e. The van der Waals surface area contributed by atoms with E-state index in [2.05, 4.69) is 5.10 Å². The molecule has 3 aromatic rings. The van der Waals surface area contributed by atoms with Gasteiger partial charge in [-0.15, -0.1) is 0 Å². The van der Waals surface area contributed by atoms with Crippen molar-refractivity contribution in [3.05, 3.63) is 88.8 Å². The highest BCUT2D eigenvalue weighted by molar-refractivity contribution is 6.06. The van der Waals surface area contributed by atoms with Gasteiger partial charge in [-0.05, 0) is 56.3 Å². The van der Waals surface area contributed by atoms with Crippen molar-refractivity contribution in [1.82, 2.24) is 9.78 Å². The normalized spacial score (nSPS) is 11.2. The lowest BCUT2D eigenvalue weighted by atomic mass is 10.1. The molecule has 0 radical (unpaired) electrons. The zero-order valence-corrected chi connectivity index (χ0v) is 13.8. The molecular weight excluding hydrogens is 322 g/mol. The van der Waals surface area contributed by atoms with Gasteiger partial charge in [-0.25, -0.2) is 13.5 Å². The Kier molecular flexibility index (Phi) is 4.57. The van der Waals surface area contributed by atoms with Crippen molar-refractivity contribution in [3.63, 3.8) is 0 Å². The molecule has 0 bridgehead atoms. The van der Waals surface area contributed by atoms with E-state index >= 15 is 0 Å². The fourth-order valence-electron chi connectivity index (χ4n) is 2.62. The van der Waals surface area contributed by atoms with Crippen molar-refractivity contribution in [3.8, 4) is 5.69 Å². The number of ketones is 1. The van der Waals surface area contributed by atoms with Crippen molar-refractivity contribution in [1.29, 1.82) is 0 Å². The first-order valence-electron chi connectivity index (χ1n) is 7.76. The van der Waals surface area contributed by atoms with E-state index in [1.165, 1.54) is 12.1 Å². The number of carbonyl (C=O) groups excluding carboxylic acids is 1. The molecule has 0 aliphatic carbocycles. The first kappa shape index (κ1) is 16.8. The molecule has 0 N–H and O–H groups in total. The molecule has 126 valence electrons. The molecule has 5 heteroatoms. The Morgan fingerprint density at radius 2 is 1.76 bits per heavy atom. The van der Waals surface area contributed by atoms with Crippen LogP contribution in [0.3, 0.4) is 0 Å². The summed E-state index contributed by atoms with van der Waals surface area (Å²) in [5.41, 5.74) is 3.50. The van der Waals surface area contributed by atoms with Crippen LogP contribution in [0, 0.1) is 25.5 Å². The van der Waals surface area contributed by atoms with Gasteiger partial charge in [-0.1, -0.05) is 18.2 Å². The van der Waals surface area contributed by atoms with Crippen LogP contribution in [0.25, 0.3) is 11.8 Å². The third kappa shape index (κ3) is 3.40. The van der Waals surface area contributed by atoms with Crippen LogP contribution in [0.15, 0.2) is 54.6 Å². The van der Waals surface area contributed by atoms with Crippen LogP contribution in [-0.4, -0.2) is 15.6 Å². The fraction of sp³-hybridized carbons (Fsp3) is 0.100. The first-order valence-corrected chi connectivity index (χ1v) is 7.76. The summed E-state index contributed by atoms with van der Waals surface area (Å²) in [7, 11) is 0. The van der Waals surface area contributed by atoms with Crippen LogP contribution in [0.4, 0.5) is 8.78 Å². The van der Waals surface area contributed by atoms with Crippen molar-refractivity contribution >= 4 is 11.9 Å². The fourth-order valence-corrected chi connectivity index (χ4v) is 2.62. The third-order valence-corrected chi connectivity index (χ3v) is 3.95. The smallest absolute Gasteiger partial charge is 0.185 e. The number of halogens is 2. The van der Waals surface area contributed by atoms with Crippen molar-refractivity contribution in [2.24, 2.45) is 0 Å². The zero-order chi connectivity index (χ0) is 18.0. The molecule has 0 fully saturated rings. The van der Waals surface area contributed by atoms with Crippen LogP contribution in [-0.2, 0) is 0 Å². The number of para-hydroxylation sites is 1. The van der Waals surface area contributed by atoms with E-state index in [4.69, 9.17) is 0 Å². The molecule has 0 unspecified atom stereocenters. The lowest BCUT2D eigenvalue weighted by Gasteiger charge is -2.03. The van der Waals surface area contributed by atoms with E-state index in [1.54, 1.807) is 10.8 Å². The second-order valence-corrected chi connectivity index (χ2v) is 5.66. The molecule has 25 heavy (non-hydrogen) atoms. The molecule has 1 heterocycles. The average Bonchev–Trinajstić information content (AvgIpc) is 2.90. The Hall–Kier alpha value is -3.08. The quantitative estimate of drug-likeness (QED) is 0.512. The number of hydrogen-bond donors (Lipinski definition) is 0. The topological polar surface area (TPSA) is 34.9 Å². The Morgan fingerprint density at radius 3 is 2.44 bits per heavy atom. The minimum Gasteiger partial charge on any atom is -0.289 e. The van der Waals surface area contributed by atoms with Gasteiger partial charge in [0, 0.05) is 16.8 Å². The van der Waals surface area contributed by atoms with Crippen LogP contribution in [0.1, 0.15) is 27.3 Å². The maximum absolute atomic E-state index is 13.3. The molecule has 1 aromatic heterocycles. The highest BCUT2D eigenvalue weighted by atomic mass is 19.2. The van der Waals surface area contributed by atoms with Gasteiger partial charge < -0.3 is 0 Å².